The molecule has 1 rings (SSSR count). The van der Waals surface area contributed by atoms with Crippen molar-refractivity contribution in [2.75, 3.05) is 0 Å². The van der Waals surface area contributed by atoms with Gasteiger partial charge in [0.1, 0.15) is 12.2 Å². The van der Waals surface area contributed by atoms with E-state index in [4.69, 9.17) is 4.74 Å². The summed E-state index contributed by atoms with van der Waals surface area (Å²) in [5, 5.41) is 22.2. The molecule has 0 radical (unpaired) electrons. The monoisotopic (exact) mass is 231 g/mol. The van der Waals surface area contributed by atoms with Gasteiger partial charge in [-0.05, 0) is 0 Å². The Morgan fingerprint density at radius 1 is 1.25 bits per heavy atom. The van der Waals surface area contributed by atoms with Crippen LogP contribution in [0.5, 0.6) is 0 Å². The van der Waals surface area contributed by atoms with E-state index >= 15 is 0 Å². The molecule has 0 bridgehead atoms. The van der Waals surface area contributed by atoms with Crippen LogP contribution in [0.2, 0.25) is 0 Å². The number of ether oxygens (including phenoxy) is 1. The number of rotatable bonds is 4. The van der Waals surface area contributed by atoms with Crippen molar-refractivity contribution >= 4 is 5.78 Å². The number of aliphatic hydroxyl groups excluding tert-OH is 2. The Balaban J connectivity index is 2.78. The molecule has 1 aliphatic heterocycles. The van der Waals surface area contributed by atoms with Crippen molar-refractivity contribution in [1.29, 1.82) is 0 Å². The minimum Gasteiger partial charge on any atom is -0.386 e. The van der Waals surface area contributed by atoms with E-state index in [1.165, 1.54) is 0 Å². The summed E-state index contributed by atoms with van der Waals surface area (Å²) >= 11 is 0. The van der Waals surface area contributed by atoms with Crippen molar-refractivity contribution in [2.24, 2.45) is 5.92 Å². The highest BCUT2D eigenvalue weighted by atomic mass is 16.6. The first-order valence-corrected chi connectivity index (χ1v) is 5.66. The van der Waals surface area contributed by atoms with Crippen LogP contribution in [0.4, 0.5) is 0 Å². The molecule has 4 atom stereocenters. The van der Waals surface area contributed by atoms with Crippen LogP contribution in [-0.4, -0.2) is 46.6 Å². The molecule has 0 aromatic carbocycles. The van der Waals surface area contributed by atoms with Gasteiger partial charge in [0.2, 0.25) is 0 Å². The predicted octanol–water partition coefficient (Wildman–Crippen LogP) is -0.344. The third kappa shape index (κ3) is 2.79. The lowest BCUT2D eigenvalue weighted by Gasteiger charge is -2.23. The van der Waals surface area contributed by atoms with E-state index in [9.17, 15) is 15.0 Å². The molecule has 5 nitrogen and oxygen atoms in total. The number of carbonyl (C=O) groups excluding carboxylic acids is 1. The third-order valence-electron chi connectivity index (χ3n) is 2.65. The Bertz CT molecular complexity index is 254. The smallest absolute Gasteiger partial charge is 0.183 e. The van der Waals surface area contributed by atoms with E-state index in [0.717, 1.165) is 0 Å². The topological polar surface area (TPSA) is 78.8 Å². The van der Waals surface area contributed by atoms with Crippen LogP contribution in [0, 0.1) is 5.92 Å². The number of carbonyl (C=O) groups is 1. The Kier molecular flexibility index (Phi) is 4.43. The molecule has 1 saturated heterocycles. The van der Waals surface area contributed by atoms with Gasteiger partial charge >= 0.3 is 0 Å². The number of ketones is 1. The first-order valence-electron chi connectivity index (χ1n) is 5.66. The molecule has 5 heteroatoms. The highest BCUT2D eigenvalue weighted by Crippen LogP contribution is 2.23. The Morgan fingerprint density at radius 3 is 2.25 bits per heavy atom. The van der Waals surface area contributed by atoms with Gasteiger partial charge in [-0.15, -0.1) is 0 Å². The van der Waals surface area contributed by atoms with Gasteiger partial charge in [-0.3, -0.25) is 4.79 Å². The summed E-state index contributed by atoms with van der Waals surface area (Å²) in [6.45, 7) is 7.37. The number of aliphatic hydroxyl groups is 2. The maximum absolute atomic E-state index is 11.8. The van der Waals surface area contributed by atoms with Crippen molar-refractivity contribution in [3.8, 4) is 0 Å². The van der Waals surface area contributed by atoms with Crippen molar-refractivity contribution in [1.82, 2.24) is 5.32 Å². The molecular formula is C11H21NO4. The van der Waals surface area contributed by atoms with E-state index in [-0.39, 0.29) is 17.7 Å². The van der Waals surface area contributed by atoms with Gasteiger partial charge in [0.05, 0.1) is 6.04 Å². The molecule has 1 aliphatic rings. The minimum atomic E-state index is -1.29. The summed E-state index contributed by atoms with van der Waals surface area (Å²) in [4.78, 5) is 11.8. The van der Waals surface area contributed by atoms with Crippen LogP contribution in [-0.2, 0) is 9.53 Å². The molecule has 3 N–H and O–H groups in total. The highest BCUT2D eigenvalue weighted by molar-refractivity contribution is 5.86. The number of hydrogen-bond acceptors (Lipinski definition) is 5. The maximum atomic E-state index is 11.8. The van der Waals surface area contributed by atoms with Crippen molar-refractivity contribution < 1.29 is 19.7 Å². The fourth-order valence-electron chi connectivity index (χ4n) is 1.82. The first kappa shape index (κ1) is 13.6. The lowest BCUT2D eigenvalue weighted by Crippen LogP contribution is -2.50. The molecule has 0 unspecified atom stereocenters. The van der Waals surface area contributed by atoms with E-state index in [1.54, 1.807) is 13.8 Å². The van der Waals surface area contributed by atoms with Crippen LogP contribution in [0.25, 0.3) is 0 Å². The Morgan fingerprint density at radius 2 is 1.81 bits per heavy atom. The van der Waals surface area contributed by atoms with Gasteiger partial charge in [-0.1, -0.05) is 27.7 Å². The first-order chi connectivity index (χ1) is 7.34. The minimum absolute atomic E-state index is 0.103. The average Bonchev–Trinajstić information content (AvgIpc) is 2.44. The van der Waals surface area contributed by atoms with Crippen molar-refractivity contribution in [3.63, 3.8) is 0 Å². The molecule has 0 spiro atoms. The lowest BCUT2D eigenvalue weighted by molar-refractivity contribution is -0.151. The second-order valence-electron chi connectivity index (χ2n) is 4.84. The van der Waals surface area contributed by atoms with Gasteiger partial charge in [0.25, 0.3) is 0 Å². The summed E-state index contributed by atoms with van der Waals surface area (Å²) in [6.07, 6.45) is -3.12. The van der Waals surface area contributed by atoms with Crippen LogP contribution in [0.3, 0.4) is 0 Å². The second kappa shape index (κ2) is 5.23. The van der Waals surface area contributed by atoms with Crippen molar-refractivity contribution in [2.45, 2.75) is 58.3 Å². The summed E-state index contributed by atoms with van der Waals surface area (Å²) in [5.41, 5.74) is 0. The zero-order chi connectivity index (χ0) is 12.5. The van der Waals surface area contributed by atoms with Gasteiger partial charge < -0.3 is 20.3 Å². The molecule has 0 aliphatic carbocycles. The molecule has 1 heterocycles. The fourth-order valence-corrected chi connectivity index (χ4v) is 1.82. The number of Topliss-reactive ketones (excluding diaryl/α,β-unsaturated/α-hetero) is 1. The maximum Gasteiger partial charge on any atom is 0.183 e. The van der Waals surface area contributed by atoms with Gasteiger partial charge in [0.15, 0.2) is 12.1 Å². The Labute approximate surface area is 95.8 Å². The summed E-state index contributed by atoms with van der Waals surface area (Å²) < 4.78 is 5.10. The van der Waals surface area contributed by atoms with Crippen molar-refractivity contribution in [3.05, 3.63) is 0 Å². The van der Waals surface area contributed by atoms with Gasteiger partial charge in [0, 0.05) is 12.0 Å². The largest absolute Gasteiger partial charge is 0.386 e. The van der Waals surface area contributed by atoms with Crippen LogP contribution in [0.1, 0.15) is 27.7 Å². The molecule has 0 aromatic rings. The van der Waals surface area contributed by atoms with Gasteiger partial charge in [-0.2, -0.15) is 0 Å². The van der Waals surface area contributed by atoms with E-state index in [1.807, 2.05) is 13.8 Å². The van der Waals surface area contributed by atoms with E-state index in [2.05, 4.69) is 5.32 Å². The number of hydrogen-bond donors (Lipinski definition) is 3. The third-order valence-corrected chi connectivity index (χ3v) is 2.65. The van der Waals surface area contributed by atoms with Crippen LogP contribution in [0.15, 0.2) is 0 Å². The fraction of sp³-hybridized carbons (Fsp3) is 0.909. The highest BCUT2D eigenvalue weighted by Gasteiger charge is 2.46. The SMILES string of the molecule is CC(C)N[C@H]1[C@@H](O)[C@@H](O)O[C@@H]1C(=O)C(C)C. The summed E-state index contributed by atoms with van der Waals surface area (Å²) in [7, 11) is 0. The summed E-state index contributed by atoms with van der Waals surface area (Å²) in [5.74, 6) is -0.285. The molecular weight excluding hydrogens is 210 g/mol. The predicted molar refractivity (Wildman–Crippen MR) is 58.8 cm³/mol. The quantitative estimate of drug-likeness (QED) is 0.616. The second-order valence-corrected chi connectivity index (χ2v) is 4.84. The zero-order valence-corrected chi connectivity index (χ0v) is 10.2. The standard InChI is InChI=1S/C11H21NO4/c1-5(2)8(13)10-7(12-6(3)4)9(14)11(15)16-10/h5-7,9-12,14-15H,1-4H3/t7-,9+,10-,11-/m0/s1. The molecule has 0 amide bonds. The molecule has 16 heavy (non-hydrogen) atoms. The summed E-state index contributed by atoms with van der Waals surface area (Å²) in [6, 6.07) is -0.430. The molecule has 94 valence electrons. The zero-order valence-electron chi connectivity index (χ0n) is 10.2. The Hall–Kier alpha value is -0.490. The van der Waals surface area contributed by atoms with Crippen LogP contribution < -0.4 is 5.32 Å². The average molecular weight is 231 g/mol. The lowest BCUT2D eigenvalue weighted by atomic mass is 9.96. The molecule has 0 saturated carbocycles. The van der Waals surface area contributed by atoms with E-state index in [0.29, 0.717) is 0 Å². The van der Waals surface area contributed by atoms with E-state index < -0.39 is 24.5 Å². The van der Waals surface area contributed by atoms with Crippen LogP contribution >= 0.6 is 0 Å². The molecule has 0 aromatic heterocycles. The normalized spacial score (nSPS) is 35.0. The molecule has 1 fully saturated rings. The van der Waals surface area contributed by atoms with Gasteiger partial charge in [-0.25, -0.2) is 0 Å². The number of nitrogens with one attached hydrogen (secondary N) is 1.